The molecule has 2 rings (SSSR count). The van der Waals surface area contributed by atoms with Crippen LogP contribution in [0, 0.1) is 0 Å². The number of aliphatic carboxylic acids is 1. The highest BCUT2D eigenvalue weighted by Gasteiger charge is 2.44. The monoisotopic (exact) mass is 318 g/mol. The molecule has 2 aliphatic heterocycles. The normalized spacial score (nSPS) is 32.2. The van der Waals surface area contributed by atoms with E-state index in [4.69, 9.17) is 0 Å². The van der Waals surface area contributed by atoms with Crippen LogP contribution in [-0.4, -0.2) is 78.4 Å². The van der Waals surface area contributed by atoms with Gasteiger partial charge in [-0.25, -0.2) is 8.42 Å². The lowest BCUT2D eigenvalue weighted by atomic mass is 9.99. The number of likely N-dealkylation sites (N-methyl/N-ethyl adjacent to an activating group) is 1. The number of amides is 1. The average molecular weight is 318 g/mol. The van der Waals surface area contributed by atoms with E-state index in [0.29, 0.717) is 19.4 Å². The van der Waals surface area contributed by atoms with Crippen molar-refractivity contribution in [3.63, 3.8) is 0 Å². The van der Waals surface area contributed by atoms with Crippen molar-refractivity contribution in [2.45, 2.75) is 37.8 Å². The van der Waals surface area contributed by atoms with Gasteiger partial charge in [-0.2, -0.15) is 0 Å². The van der Waals surface area contributed by atoms with Crippen molar-refractivity contribution in [2.24, 2.45) is 0 Å². The fourth-order valence-corrected chi connectivity index (χ4v) is 4.85. The molecule has 0 radical (unpaired) electrons. The SMILES string of the molecule is CN(C(=O)CN1CCCC1(C)C(=O)O)C1CCS(=O)(=O)C1. The standard InChI is InChI=1S/C13H22N2O5S/c1-13(12(17)18)5-3-6-15(13)8-11(16)14(2)10-4-7-21(19,20)9-10/h10H,3-9H2,1-2H3,(H,17,18). The Morgan fingerprint density at radius 1 is 1.43 bits per heavy atom. The van der Waals surface area contributed by atoms with Gasteiger partial charge in [0.25, 0.3) is 0 Å². The fraction of sp³-hybridized carbons (Fsp3) is 0.846. The summed E-state index contributed by atoms with van der Waals surface area (Å²) in [6, 6.07) is -0.291. The minimum absolute atomic E-state index is 0.00540. The molecule has 2 unspecified atom stereocenters. The highest BCUT2D eigenvalue weighted by atomic mass is 32.2. The quantitative estimate of drug-likeness (QED) is 0.756. The fourth-order valence-electron chi connectivity index (χ4n) is 3.07. The van der Waals surface area contributed by atoms with Gasteiger partial charge in [0.15, 0.2) is 9.84 Å². The largest absolute Gasteiger partial charge is 0.480 e. The van der Waals surface area contributed by atoms with Gasteiger partial charge in [-0.05, 0) is 32.7 Å². The summed E-state index contributed by atoms with van der Waals surface area (Å²) in [5, 5.41) is 9.33. The third kappa shape index (κ3) is 3.21. The number of nitrogens with zero attached hydrogens (tertiary/aromatic N) is 2. The molecule has 0 bridgehead atoms. The highest BCUT2D eigenvalue weighted by Crippen LogP contribution is 2.29. The number of sulfone groups is 1. The number of rotatable bonds is 4. The first kappa shape index (κ1) is 16.2. The Balaban J connectivity index is 2.00. The van der Waals surface area contributed by atoms with Crippen LogP contribution in [0.4, 0.5) is 0 Å². The summed E-state index contributed by atoms with van der Waals surface area (Å²) in [6.07, 6.45) is 1.73. The van der Waals surface area contributed by atoms with E-state index >= 15 is 0 Å². The first-order valence-electron chi connectivity index (χ1n) is 7.10. The molecule has 7 nitrogen and oxygen atoms in total. The molecule has 2 fully saturated rings. The molecule has 0 aliphatic carbocycles. The maximum atomic E-state index is 12.3. The molecule has 0 spiro atoms. The number of carboxylic acids is 1. The summed E-state index contributed by atoms with van der Waals surface area (Å²) >= 11 is 0. The summed E-state index contributed by atoms with van der Waals surface area (Å²) in [5.74, 6) is -1.01. The van der Waals surface area contributed by atoms with Gasteiger partial charge >= 0.3 is 5.97 Å². The number of hydrogen-bond acceptors (Lipinski definition) is 5. The molecule has 0 aromatic carbocycles. The van der Waals surface area contributed by atoms with Gasteiger partial charge in [0.2, 0.25) is 5.91 Å². The molecular formula is C13H22N2O5S. The van der Waals surface area contributed by atoms with Crippen LogP contribution in [0.3, 0.4) is 0 Å². The van der Waals surface area contributed by atoms with Crippen LogP contribution in [0.5, 0.6) is 0 Å². The molecule has 120 valence electrons. The van der Waals surface area contributed by atoms with Gasteiger partial charge in [0.05, 0.1) is 18.1 Å². The molecule has 1 amide bonds. The van der Waals surface area contributed by atoms with Crippen molar-refractivity contribution < 1.29 is 23.1 Å². The summed E-state index contributed by atoms with van der Waals surface area (Å²) < 4.78 is 23.0. The number of carbonyl (C=O) groups is 2. The van der Waals surface area contributed by atoms with E-state index in [1.54, 1.807) is 18.9 Å². The molecule has 2 atom stereocenters. The van der Waals surface area contributed by atoms with E-state index in [0.717, 1.165) is 6.42 Å². The van der Waals surface area contributed by atoms with Crippen molar-refractivity contribution in [3.8, 4) is 0 Å². The van der Waals surface area contributed by atoms with Gasteiger partial charge in [0.1, 0.15) is 5.54 Å². The third-order valence-corrected chi connectivity index (χ3v) is 6.48. The molecular weight excluding hydrogens is 296 g/mol. The predicted molar refractivity (Wildman–Crippen MR) is 76.7 cm³/mol. The van der Waals surface area contributed by atoms with Crippen molar-refractivity contribution in [3.05, 3.63) is 0 Å². The number of likely N-dealkylation sites (tertiary alicyclic amines) is 1. The van der Waals surface area contributed by atoms with Crippen molar-refractivity contribution >= 4 is 21.7 Å². The van der Waals surface area contributed by atoms with Crippen LogP contribution in [0.2, 0.25) is 0 Å². The molecule has 2 heterocycles. The second-order valence-electron chi connectivity index (χ2n) is 6.17. The van der Waals surface area contributed by atoms with Crippen LogP contribution < -0.4 is 0 Å². The average Bonchev–Trinajstić information content (AvgIpc) is 2.93. The molecule has 21 heavy (non-hydrogen) atoms. The van der Waals surface area contributed by atoms with Gasteiger partial charge < -0.3 is 10.0 Å². The zero-order valence-electron chi connectivity index (χ0n) is 12.4. The molecule has 0 saturated carbocycles. The molecule has 0 aromatic rings. The molecule has 2 aliphatic rings. The summed E-state index contributed by atoms with van der Waals surface area (Å²) in [4.78, 5) is 26.8. The minimum atomic E-state index is -3.04. The Morgan fingerprint density at radius 3 is 2.62 bits per heavy atom. The predicted octanol–water partition coefficient (Wildman–Crippen LogP) is -0.429. The summed E-state index contributed by atoms with van der Waals surface area (Å²) in [5.41, 5.74) is -1.00. The maximum Gasteiger partial charge on any atom is 0.323 e. The van der Waals surface area contributed by atoms with Crippen LogP contribution in [0.15, 0.2) is 0 Å². The first-order chi connectivity index (χ1) is 9.66. The zero-order chi connectivity index (χ0) is 15.8. The lowest BCUT2D eigenvalue weighted by Gasteiger charge is -2.33. The van der Waals surface area contributed by atoms with E-state index in [9.17, 15) is 23.1 Å². The number of hydrogen-bond donors (Lipinski definition) is 1. The first-order valence-corrected chi connectivity index (χ1v) is 8.92. The number of carbonyl (C=O) groups excluding carboxylic acids is 1. The smallest absolute Gasteiger partial charge is 0.323 e. The van der Waals surface area contributed by atoms with E-state index in [1.165, 1.54) is 4.90 Å². The van der Waals surface area contributed by atoms with Gasteiger partial charge in [0, 0.05) is 13.1 Å². The lowest BCUT2D eigenvalue weighted by molar-refractivity contribution is -0.150. The van der Waals surface area contributed by atoms with Crippen molar-refractivity contribution in [1.29, 1.82) is 0 Å². The van der Waals surface area contributed by atoms with Gasteiger partial charge in [-0.15, -0.1) is 0 Å². The summed E-state index contributed by atoms with van der Waals surface area (Å²) in [7, 11) is -1.44. The van der Waals surface area contributed by atoms with Crippen molar-refractivity contribution in [2.75, 3.05) is 31.6 Å². The van der Waals surface area contributed by atoms with E-state index in [-0.39, 0.29) is 30.0 Å². The second-order valence-corrected chi connectivity index (χ2v) is 8.39. The van der Waals surface area contributed by atoms with E-state index < -0.39 is 21.3 Å². The Labute approximate surface area is 124 Å². The molecule has 8 heteroatoms. The summed E-state index contributed by atoms with van der Waals surface area (Å²) in [6.45, 7) is 2.23. The maximum absolute atomic E-state index is 12.3. The molecule has 2 saturated heterocycles. The van der Waals surface area contributed by atoms with Crippen LogP contribution in [-0.2, 0) is 19.4 Å². The van der Waals surface area contributed by atoms with E-state index in [2.05, 4.69) is 0 Å². The second kappa shape index (κ2) is 5.57. The Kier molecular flexibility index (Phi) is 4.30. The molecule has 1 N–H and O–H groups in total. The van der Waals surface area contributed by atoms with Gasteiger partial charge in [-0.3, -0.25) is 14.5 Å². The van der Waals surface area contributed by atoms with Crippen LogP contribution in [0.1, 0.15) is 26.2 Å². The minimum Gasteiger partial charge on any atom is -0.480 e. The Morgan fingerprint density at radius 2 is 2.10 bits per heavy atom. The van der Waals surface area contributed by atoms with Crippen LogP contribution in [0.25, 0.3) is 0 Å². The van der Waals surface area contributed by atoms with Crippen molar-refractivity contribution in [1.82, 2.24) is 9.80 Å². The Hall–Kier alpha value is -1.15. The third-order valence-electron chi connectivity index (χ3n) is 4.73. The van der Waals surface area contributed by atoms with E-state index in [1.807, 2.05) is 0 Å². The Bertz CT molecular complexity index is 547. The number of carboxylic acid groups (broad SMARTS) is 1. The topological polar surface area (TPSA) is 95.0 Å². The molecule has 0 aromatic heterocycles. The highest BCUT2D eigenvalue weighted by molar-refractivity contribution is 7.91. The zero-order valence-corrected chi connectivity index (χ0v) is 13.2. The lowest BCUT2D eigenvalue weighted by Crippen LogP contribution is -2.52. The van der Waals surface area contributed by atoms with Gasteiger partial charge in [-0.1, -0.05) is 0 Å². The van der Waals surface area contributed by atoms with Crippen LogP contribution >= 0.6 is 0 Å².